The summed E-state index contributed by atoms with van der Waals surface area (Å²) >= 11 is 3.35. The molecule has 0 aliphatic rings. The minimum Gasteiger partial charge on any atom is -0.369 e. The zero-order chi connectivity index (χ0) is 12.1. The van der Waals surface area contributed by atoms with E-state index >= 15 is 0 Å². The lowest BCUT2D eigenvalue weighted by molar-refractivity contribution is 0.569. The highest BCUT2D eigenvalue weighted by atomic mass is 79.9. The minimum atomic E-state index is 0.256. The summed E-state index contributed by atoms with van der Waals surface area (Å²) in [5, 5.41) is 10.8. The fraction of sp³-hybridized carbons (Fsp3) is 0.333. The lowest BCUT2D eigenvalue weighted by atomic mass is 10.4. The molecule has 2 aromatic heterocycles. The third-order valence-electron chi connectivity index (χ3n) is 2.09. The maximum Gasteiger partial charge on any atom is 0.221 e. The monoisotopic (exact) mass is 297 g/mol. The maximum atomic E-state index is 5.50. The fourth-order valence-electron chi connectivity index (χ4n) is 1.30. The number of nitrogen functional groups attached to an aromatic ring is 1. The van der Waals surface area contributed by atoms with Gasteiger partial charge in [-0.15, -0.1) is 5.10 Å². The quantitative estimate of drug-likeness (QED) is 0.797. The number of aryl methyl sites for hydroxylation is 1. The Bertz CT molecular complexity index is 470. The van der Waals surface area contributed by atoms with E-state index in [4.69, 9.17) is 5.73 Å². The molecule has 2 rings (SSSR count). The van der Waals surface area contributed by atoms with Crippen molar-refractivity contribution in [2.75, 3.05) is 17.6 Å². The fourth-order valence-corrected chi connectivity index (χ4v) is 1.64. The summed E-state index contributed by atoms with van der Waals surface area (Å²) in [6, 6.07) is 0. The van der Waals surface area contributed by atoms with E-state index in [1.54, 1.807) is 17.1 Å². The van der Waals surface area contributed by atoms with Crippen LogP contribution in [0.4, 0.5) is 11.8 Å². The lowest BCUT2D eigenvalue weighted by Gasteiger charge is -2.07. The molecule has 0 saturated heterocycles. The molecule has 0 atom stereocenters. The summed E-state index contributed by atoms with van der Waals surface area (Å²) in [4.78, 5) is 7.95. The predicted octanol–water partition coefficient (Wildman–Crippen LogP) is 0.915. The minimum absolute atomic E-state index is 0.256. The van der Waals surface area contributed by atoms with E-state index in [0.717, 1.165) is 24.0 Å². The molecule has 7 nitrogen and oxygen atoms in total. The first kappa shape index (κ1) is 11.8. The number of nitrogens with two attached hydrogens (primary N) is 1. The van der Waals surface area contributed by atoms with Crippen molar-refractivity contribution in [3.8, 4) is 0 Å². The van der Waals surface area contributed by atoms with Crippen molar-refractivity contribution in [1.29, 1.82) is 0 Å². The number of aromatic nitrogens is 5. The van der Waals surface area contributed by atoms with Crippen LogP contribution in [-0.4, -0.2) is 31.5 Å². The molecule has 2 aromatic rings. The van der Waals surface area contributed by atoms with Gasteiger partial charge >= 0.3 is 0 Å². The number of hydrogen-bond donors (Lipinski definition) is 2. The summed E-state index contributed by atoms with van der Waals surface area (Å²) in [5.74, 6) is 0.961. The lowest BCUT2D eigenvalue weighted by Crippen LogP contribution is -2.09. The molecule has 0 saturated carbocycles. The molecule has 0 fully saturated rings. The average Bonchev–Trinajstić information content (AvgIpc) is 2.82. The Morgan fingerprint density at radius 2 is 2.35 bits per heavy atom. The van der Waals surface area contributed by atoms with Gasteiger partial charge < -0.3 is 11.1 Å². The van der Waals surface area contributed by atoms with Gasteiger partial charge in [-0.1, -0.05) is 5.21 Å². The van der Waals surface area contributed by atoms with Gasteiger partial charge in [0, 0.05) is 25.5 Å². The molecule has 0 aliphatic heterocycles. The number of nitrogens with one attached hydrogen (secondary N) is 1. The summed E-state index contributed by atoms with van der Waals surface area (Å²) in [6.45, 7) is 1.58. The molecule has 0 bridgehead atoms. The van der Waals surface area contributed by atoms with Gasteiger partial charge in [0.1, 0.15) is 5.82 Å². The Balaban J connectivity index is 1.80. The van der Waals surface area contributed by atoms with Crippen molar-refractivity contribution in [2.45, 2.75) is 13.0 Å². The second-order valence-electron chi connectivity index (χ2n) is 3.37. The second kappa shape index (κ2) is 5.58. The number of hydrogen-bond acceptors (Lipinski definition) is 6. The van der Waals surface area contributed by atoms with Crippen molar-refractivity contribution < 1.29 is 0 Å². The first-order chi connectivity index (χ1) is 8.25. The third-order valence-corrected chi connectivity index (χ3v) is 2.67. The van der Waals surface area contributed by atoms with Crippen LogP contribution in [0.3, 0.4) is 0 Å². The predicted molar refractivity (Wildman–Crippen MR) is 67.3 cm³/mol. The van der Waals surface area contributed by atoms with Gasteiger partial charge in [0.05, 0.1) is 10.7 Å². The van der Waals surface area contributed by atoms with E-state index in [0.29, 0.717) is 5.82 Å². The number of anilines is 2. The van der Waals surface area contributed by atoms with E-state index in [-0.39, 0.29) is 5.95 Å². The third kappa shape index (κ3) is 3.38. The van der Waals surface area contributed by atoms with Crippen molar-refractivity contribution in [2.24, 2.45) is 0 Å². The molecule has 3 N–H and O–H groups in total. The van der Waals surface area contributed by atoms with Gasteiger partial charge in [0.15, 0.2) is 0 Å². The normalized spacial score (nSPS) is 10.4. The highest BCUT2D eigenvalue weighted by molar-refractivity contribution is 9.10. The van der Waals surface area contributed by atoms with Crippen LogP contribution >= 0.6 is 15.9 Å². The average molecular weight is 298 g/mol. The van der Waals surface area contributed by atoms with Crippen molar-refractivity contribution in [3.05, 3.63) is 23.1 Å². The summed E-state index contributed by atoms with van der Waals surface area (Å²) in [7, 11) is 0. The number of rotatable bonds is 5. The summed E-state index contributed by atoms with van der Waals surface area (Å²) < 4.78 is 2.58. The Labute approximate surface area is 107 Å². The zero-order valence-corrected chi connectivity index (χ0v) is 10.6. The molecule has 0 amide bonds. The van der Waals surface area contributed by atoms with E-state index in [2.05, 4.69) is 41.5 Å². The largest absolute Gasteiger partial charge is 0.369 e. The standard InChI is InChI=1S/C9H12BrN7/c10-7-6-13-9(11)15-8(7)12-2-1-4-17-5-3-14-16-17/h3,5-6H,1-2,4H2,(H3,11,12,13,15). The maximum absolute atomic E-state index is 5.50. The van der Waals surface area contributed by atoms with Crippen molar-refractivity contribution in [1.82, 2.24) is 25.0 Å². The molecule has 17 heavy (non-hydrogen) atoms. The van der Waals surface area contributed by atoms with Gasteiger partial charge in [-0.05, 0) is 22.4 Å². The van der Waals surface area contributed by atoms with Crippen LogP contribution in [-0.2, 0) is 6.54 Å². The van der Waals surface area contributed by atoms with E-state index in [1.165, 1.54) is 0 Å². The van der Waals surface area contributed by atoms with Crippen LogP contribution in [0.1, 0.15) is 6.42 Å². The Hall–Kier alpha value is -1.70. The SMILES string of the molecule is Nc1ncc(Br)c(NCCCn2ccnn2)n1. The molecule has 0 radical (unpaired) electrons. The van der Waals surface area contributed by atoms with Crippen molar-refractivity contribution in [3.63, 3.8) is 0 Å². The van der Waals surface area contributed by atoms with Gasteiger partial charge in [-0.2, -0.15) is 4.98 Å². The smallest absolute Gasteiger partial charge is 0.221 e. The molecule has 0 spiro atoms. The first-order valence-corrected chi connectivity index (χ1v) is 5.91. The van der Waals surface area contributed by atoms with Gasteiger partial charge in [-0.3, -0.25) is 4.68 Å². The molecular formula is C9H12BrN7. The molecule has 0 aromatic carbocycles. The van der Waals surface area contributed by atoms with Gasteiger partial charge in [0.2, 0.25) is 5.95 Å². The van der Waals surface area contributed by atoms with E-state index < -0.39 is 0 Å². The first-order valence-electron chi connectivity index (χ1n) is 5.11. The second-order valence-corrected chi connectivity index (χ2v) is 4.23. The molecule has 0 unspecified atom stereocenters. The molecular weight excluding hydrogens is 286 g/mol. The van der Waals surface area contributed by atoms with Crippen LogP contribution in [0.15, 0.2) is 23.1 Å². The molecule has 0 aliphatic carbocycles. The summed E-state index contributed by atoms with van der Waals surface area (Å²) in [5.41, 5.74) is 5.50. The van der Waals surface area contributed by atoms with Crippen LogP contribution in [0.25, 0.3) is 0 Å². The van der Waals surface area contributed by atoms with Crippen LogP contribution in [0, 0.1) is 0 Å². The number of halogens is 1. The number of nitrogens with zero attached hydrogens (tertiary/aromatic N) is 5. The molecule has 2 heterocycles. The Morgan fingerprint density at radius 3 is 3.12 bits per heavy atom. The van der Waals surface area contributed by atoms with E-state index in [1.807, 2.05) is 6.20 Å². The molecule has 8 heteroatoms. The summed E-state index contributed by atoms with van der Waals surface area (Å²) in [6.07, 6.45) is 6.04. The van der Waals surface area contributed by atoms with Crippen LogP contribution in [0.5, 0.6) is 0 Å². The molecule has 90 valence electrons. The van der Waals surface area contributed by atoms with Gasteiger partial charge in [0.25, 0.3) is 0 Å². The topological polar surface area (TPSA) is 94.5 Å². The Morgan fingerprint density at radius 1 is 1.47 bits per heavy atom. The highest BCUT2D eigenvalue weighted by Crippen LogP contribution is 2.18. The zero-order valence-electron chi connectivity index (χ0n) is 9.04. The van der Waals surface area contributed by atoms with Crippen molar-refractivity contribution >= 4 is 27.7 Å². The van der Waals surface area contributed by atoms with Crippen LogP contribution in [0.2, 0.25) is 0 Å². The van der Waals surface area contributed by atoms with E-state index in [9.17, 15) is 0 Å². The highest BCUT2D eigenvalue weighted by Gasteiger charge is 2.02. The van der Waals surface area contributed by atoms with Crippen LogP contribution < -0.4 is 11.1 Å². The Kier molecular flexibility index (Phi) is 3.86. The van der Waals surface area contributed by atoms with Gasteiger partial charge in [-0.25, -0.2) is 4.98 Å².